The molecule has 0 N–H and O–H groups in total. The van der Waals surface area contributed by atoms with Gasteiger partial charge in [-0.2, -0.15) is 0 Å². The minimum Gasteiger partial charge on any atom is -0.492 e. The first kappa shape index (κ1) is 19.9. The quantitative estimate of drug-likeness (QED) is 0.722. The van der Waals surface area contributed by atoms with Crippen molar-refractivity contribution in [3.05, 3.63) is 47.1 Å². The number of anilines is 1. The SMILES string of the molecule is CC1(C)COC(c2ccc(OCCN3CCN(c4ccc(Cl)nn4)CC3)cc2)=N1. The molecule has 1 fully saturated rings. The summed E-state index contributed by atoms with van der Waals surface area (Å²) in [6.07, 6.45) is 0. The van der Waals surface area contributed by atoms with Crippen molar-refractivity contribution in [1.29, 1.82) is 0 Å². The van der Waals surface area contributed by atoms with Gasteiger partial charge in [0.15, 0.2) is 11.0 Å². The van der Waals surface area contributed by atoms with E-state index in [0.717, 1.165) is 49.9 Å². The Balaban J connectivity index is 1.20. The molecule has 2 aliphatic heterocycles. The summed E-state index contributed by atoms with van der Waals surface area (Å²) in [5.41, 5.74) is 0.846. The fourth-order valence-corrected chi connectivity index (χ4v) is 3.50. The van der Waals surface area contributed by atoms with Crippen molar-refractivity contribution in [3.8, 4) is 5.75 Å². The minimum absolute atomic E-state index is 0.144. The van der Waals surface area contributed by atoms with Crippen molar-refractivity contribution in [1.82, 2.24) is 15.1 Å². The summed E-state index contributed by atoms with van der Waals surface area (Å²) in [5.74, 6) is 2.45. The molecule has 1 aromatic heterocycles. The van der Waals surface area contributed by atoms with E-state index in [0.29, 0.717) is 24.3 Å². The van der Waals surface area contributed by atoms with E-state index in [9.17, 15) is 0 Å². The van der Waals surface area contributed by atoms with Gasteiger partial charge in [-0.25, -0.2) is 4.99 Å². The van der Waals surface area contributed by atoms with Crippen molar-refractivity contribution in [3.63, 3.8) is 0 Å². The average Bonchev–Trinajstić information content (AvgIpc) is 3.09. The summed E-state index contributed by atoms with van der Waals surface area (Å²) in [6.45, 7) is 10.1. The van der Waals surface area contributed by atoms with Crippen LogP contribution >= 0.6 is 11.6 Å². The highest BCUT2D eigenvalue weighted by atomic mass is 35.5. The van der Waals surface area contributed by atoms with Gasteiger partial charge in [-0.05, 0) is 50.2 Å². The Hall–Kier alpha value is -2.38. The second-order valence-electron chi connectivity index (χ2n) is 7.93. The zero-order chi connectivity index (χ0) is 20.3. The standard InChI is InChI=1S/C21H26ClN5O2/c1-21(2)15-29-20(23-21)16-3-5-17(6-4-16)28-14-13-26-9-11-27(12-10-26)19-8-7-18(22)24-25-19/h3-8H,9-15H2,1-2H3. The van der Waals surface area contributed by atoms with Crippen LogP contribution in [0, 0.1) is 0 Å². The maximum absolute atomic E-state index is 5.92. The summed E-state index contributed by atoms with van der Waals surface area (Å²) >= 11 is 5.81. The number of halogens is 1. The average molecular weight is 416 g/mol. The Kier molecular flexibility index (Phi) is 5.87. The molecule has 0 bridgehead atoms. The van der Waals surface area contributed by atoms with Crippen LogP contribution in [0.25, 0.3) is 0 Å². The Morgan fingerprint density at radius 2 is 1.79 bits per heavy atom. The predicted molar refractivity (Wildman–Crippen MR) is 114 cm³/mol. The molecule has 1 saturated heterocycles. The second-order valence-corrected chi connectivity index (χ2v) is 8.32. The van der Waals surface area contributed by atoms with Crippen molar-refractivity contribution >= 4 is 23.3 Å². The van der Waals surface area contributed by atoms with Crippen LogP contribution in [0.4, 0.5) is 5.82 Å². The molecule has 0 spiro atoms. The van der Waals surface area contributed by atoms with Crippen LogP contribution in [-0.4, -0.2) is 72.5 Å². The molecule has 2 aliphatic rings. The Morgan fingerprint density at radius 1 is 1.03 bits per heavy atom. The first-order valence-corrected chi connectivity index (χ1v) is 10.3. The maximum Gasteiger partial charge on any atom is 0.216 e. The first-order valence-electron chi connectivity index (χ1n) is 9.91. The number of piperazine rings is 1. The molecule has 1 aromatic carbocycles. The van der Waals surface area contributed by atoms with Crippen molar-refractivity contribution in [2.24, 2.45) is 4.99 Å². The third-order valence-electron chi connectivity index (χ3n) is 5.06. The molecule has 154 valence electrons. The van der Waals surface area contributed by atoms with Gasteiger partial charge >= 0.3 is 0 Å². The van der Waals surface area contributed by atoms with E-state index < -0.39 is 0 Å². The number of rotatable bonds is 6. The van der Waals surface area contributed by atoms with E-state index in [-0.39, 0.29) is 5.54 Å². The molecule has 2 aromatic rings. The summed E-state index contributed by atoms with van der Waals surface area (Å²) in [5, 5.41) is 8.50. The molecule has 0 aliphatic carbocycles. The first-order chi connectivity index (χ1) is 14.0. The van der Waals surface area contributed by atoms with Gasteiger partial charge in [0.05, 0.1) is 5.54 Å². The van der Waals surface area contributed by atoms with Crippen molar-refractivity contribution < 1.29 is 9.47 Å². The summed E-state index contributed by atoms with van der Waals surface area (Å²) in [4.78, 5) is 9.23. The molecular weight excluding hydrogens is 390 g/mol. The van der Waals surface area contributed by atoms with Crippen LogP contribution in [-0.2, 0) is 4.74 Å². The number of hydrogen-bond acceptors (Lipinski definition) is 7. The lowest BCUT2D eigenvalue weighted by Gasteiger charge is -2.35. The van der Waals surface area contributed by atoms with Crippen molar-refractivity contribution in [2.45, 2.75) is 19.4 Å². The molecule has 0 atom stereocenters. The molecule has 0 radical (unpaired) electrons. The van der Waals surface area contributed by atoms with E-state index in [1.807, 2.05) is 30.3 Å². The van der Waals surface area contributed by atoms with E-state index in [1.165, 1.54) is 0 Å². The maximum atomic E-state index is 5.92. The number of aliphatic imine (C=N–C) groups is 1. The smallest absolute Gasteiger partial charge is 0.216 e. The predicted octanol–water partition coefficient (Wildman–Crippen LogP) is 2.89. The van der Waals surface area contributed by atoms with Gasteiger partial charge in [0, 0.05) is 38.3 Å². The normalized spacial score (nSPS) is 19.0. The largest absolute Gasteiger partial charge is 0.492 e. The van der Waals surface area contributed by atoms with Crippen LogP contribution in [0.3, 0.4) is 0 Å². The van der Waals surface area contributed by atoms with Gasteiger partial charge in [0.1, 0.15) is 19.0 Å². The molecule has 7 nitrogen and oxygen atoms in total. The monoisotopic (exact) mass is 415 g/mol. The fourth-order valence-electron chi connectivity index (χ4n) is 3.40. The Labute approximate surface area is 176 Å². The Bertz CT molecular complexity index is 846. The lowest BCUT2D eigenvalue weighted by molar-refractivity contribution is 0.200. The molecule has 8 heteroatoms. The van der Waals surface area contributed by atoms with Gasteiger partial charge in [0.25, 0.3) is 0 Å². The van der Waals surface area contributed by atoms with Gasteiger partial charge < -0.3 is 14.4 Å². The van der Waals surface area contributed by atoms with Crippen LogP contribution < -0.4 is 9.64 Å². The van der Waals surface area contributed by atoms with Gasteiger partial charge in [0.2, 0.25) is 5.90 Å². The molecule has 0 amide bonds. The zero-order valence-electron chi connectivity index (χ0n) is 16.8. The van der Waals surface area contributed by atoms with Crippen LogP contribution in [0.5, 0.6) is 5.75 Å². The molecule has 3 heterocycles. The second kappa shape index (κ2) is 8.55. The van der Waals surface area contributed by atoms with E-state index in [4.69, 9.17) is 21.1 Å². The van der Waals surface area contributed by atoms with Crippen molar-refractivity contribution in [2.75, 3.05) is 50.8 Å². The fraction of sp³-hybridized carbons (Fsp3) is 0.476. The van der Waals surface area contributed by atoms with Crippen LogP contribution in [0.15, 0.2) is 41.4 Å². The van der Waals surface area contributed by atoms with Crippen LogP contribution in [0.2, 0.25) is 5.15 Å². The third kappa shape index (κ3) is 5.16. The molecule has 0 saturated carbocycles. The summed E-state index contributed by atoms with van der Waals surface area (Å²) in [7, 11) is 0. The molecule has 0 unspecified atom stereocenters. The number of aromatic nitrogens is 2. The van der Waals surface area contributed by atoms with Crippen LogP contribution in [0.1, 0.15) is 19.4 Å². The third-order valence-corrected chi connectivity index (χ3v) is 5.26. The number of benzene rings is 1. The van der Waals surface area contributed by atoms with Gasteiger partial charge in [-0.3, -0.25) is 4.90 Å². The van der Waals surface area contributed by atoms with Gasteiger partial charge in [-0.1, -0.05) is 11.6 Å². The van der Waals surface area contributed by atoms with E-state index in [1.54, 1.807) is 6.07 Å². The minimum atomic E-state index is -0.144. The lowest BCUT2D eigenvalue weighted by atomic mass is 10.1. The van der Waals surface area contributed by atoms with E-state index >= 15 is 0 Å². The topological polar surface area (TPSA) is 63.1 Å². The Morgan fingerprint density at radius 3 is 2.41 bits per heavy atom. The highest BCUT2D eigenvalue weighted by Gasteiger charge is 2.26. The highest BCUT2D eigenvalue weighted by Crippen LogP contribution is 2.22. The highest BCUT2D eigenvalue weighted by molar-refractivity contribution is 6.29. The number of ether oxygens (including phenoxy) is 2. The number of nitrogens with zero attached hydrogens (tertiary/aromatic N) is 5. The summed E-state index contributed by atoms with van der Waals surface area (Å²) < 4.78 is 11.6. The molecular formula is C21H26ClN5O2. The zero-order valence-corrected chi connectivity index (χ0v) is 17.6. The van der Waals surface area contributed by atoms with E-state index in [2.05, 4.69) is 38.8 Å². The number of hydrogen-bond donors (Lipinski definition) is 0. The molecule has 29 heavy (non-hydrogen) atoms. The van der Waals surface area contributed by atoms with Gasteiger partial charge in [-0.15, -0.1) is 10.2 Å². The lowest BCUT2D eigenvalue weighted by Crippen LogP contribution is -2.47. The molecule has 4 rings (SSSR count). The summed E-state index contributed by atoms with van der Waals surface area (Å²) in [6, 6.07) is 11.7.